The summed E-state index contributed by atoms with van der Waals surface area (Å²) in [5, 5.41) is 19.9. The third kappa shape index (κ3) is 9.22. The van der Waals surface area contributed by atoms with Gasteiger partial charge in [-0.3, -0.25) is 15.0 Å². The van der Waals surface area contributed by atoms with Gasteiger partial charge in [-0.25, -0.2) is 0 Å². The molecule has 0 fully saturated rings. The molecule has 4 rings (SSSR count). The number of amidine groups is 1. The molecule has 4 aromatic rings. The number of amides is 2. The number of hydrogen-bond donors (Lipinski definition) is 4. The molecule has 0 saturated heterocycles. The zero-order valence-electron chi connectivity index (χ0n) is 23.1. The van der Waals surface area contributed by atoms with E-state index < -0.39 is 0 Å². The van der Waals surface area contributed by atoms with Crippen molar-refractivity contribution in [3.8, 4) is 16.9 Å². The molecule has 0 heterocycles. The van der Waals surface area contributed by atoms with E-state index >= 15 is 0 Å². The first-order chi connectivity index (χ1) is 20.3. The first-order valence-corrected chi connectivity index (χ1v) is 15.3. The van der Waals surface area contributed by atoms with Gasteiger partial charge in [-0.05, 0) is 70.6 Å². The number of thioether (sulfide) groups is 1. The summed E-state index contributed by atoms with van der Waals surface area (Å²) in [4.78, 5) is 28.4. The van der Waals surface area contributed by atoms with Crippen LogP contribution in [0, 0.1) is 5.41 Å². The topological polar surface area (TPSA) is 120 Å². The predicted octanol–water partition coefficient (Wildman–Crippen LogP) is 5.99. The standard InChI is InChI=1S/C33H33BrN4O3S/c34-27-12-8-24(9-13-27)21-31(40)38(18-16-23-10-14-28(39)15-11-23)22-25-4-3-5-26(20-25)29-6-1-2-7-30(29)32(41)37-17-19-42-33(35)36/h1-15,20,39H,16-19,21-22H2,(H3,35,36)(H,37,41). The quantitative estimate of drug-likeness (QED) is 0.0858. The fraction of sp³-hybridized carbons (Fsp3) is 0.182. The van der Waals surface area contributed by atoms with Gasteiger partial charge in [0.05, 0.1) is 6.42 Å². The van der Waals surface area contributed by atoms with Gasteiger partial charge in [0.15, 0.2) is 5.17 Å². The minimum Gasteiger partial charge on any atom is -0.508 e. The number of nitrogens with one attached hydrogen (secondary N) is 2. The smallest absolute Gasteiger partial charge is 0.251 e. The van der Waals surface area contributed by atoms with Crippen LogP contribution in [0.3, 0.4) is 0 Å². The van der Waals surface area contributed by atoms with Crippen LogP contribution in [0.2, 0.25) is 0 Å². The van der Waals surface area contributed by atoms with Gasteiger partial charge in [0.25, 0.3) is 5.91 Å². The molecule has 216 valence electrons. The molecule has 0 atom stereocenters. The zero-order chi connectivity index (χ0) is 29.9. The van der Waals surface area contributed by atoms with Crippen molar-refractivity contribution in [3.63, 3.8) is 0 Å². The van der Waals surface area contributed by atoms with E-state index in [2.05, 4.69) is 21.2 Å². The van der Waals surface area contributed by atoms with Crippen LogP contribution in [0.25, 0.3) is 11.1 Å². The van der Waals surface area contributed by atoms with Crippen molar-refractivity contribution in [2.75, 3.05) is 18.8 Å². The van der Waals surface area contributed by atoms with Crippen LogP contribution in [0.1, 0.15) is 27.0 Å². The van der Waals surface area contributed by atoms with Crippen molar-refractivity contribution >= 4 is 44.7 Å². The van der Waals surface area contributed by atoms with Gasteiger partial charge < -0.3 is 21.1 Å². The van der Waals surface area contributed by atoms with Crippen molar-refractivity contribution in [1.29, 1.82) is 5.41 Å². The van der Waals surface area contributed by atoms with Gasteiger partial charge in [-0.1, -0.05) is 88.4 Å². The largest absolute Gasteiger partial charge is 0.508 e. The Labute approximate surface area is 258 Å². The van der Waals surface area contributed by atoms with E-state index in [1.54, 1.807) is 18.2 Å². The summed E-state index contributed by atoms with van der Waals surface area (Å²) in [6.45, 7) is 1.33. The molecule has 0 bridgehead atoms. The van der Waals surface area contributed by atoms with Gasteiger partial charge in [0.2, 0.25) is 5.91 Å². The number of benzene rings is 4. The van der Waals surface area contributed by atoms with E-state index in [0.717, 1.165) is 32.3 Å². The molecule has 7 nitrogen and oxygen atoms in total. The Morgan fingerprint density at radius 2 is 1.62 bits per heavy atom. The lowest BCUT2D eigenvalue weighted by molar-refractivity contribution is -0.131. The molecule has 4 aromatic carbocycles. The average molecular weight is 646 g/mol. The number of nitrogens with zero attached hydrogens (tertiary/aromatic N) is 1. The van der Waals surface area contributed by atoms with Crippen LogP contribution in [0.15, 0.2) is 102 Å². The lowest BCUT2D eigenvalue weighted by Gasteiger charge is -2.24. The molecule has 0 aliphatic rings. The molecule has 0 unspecified atom stereocenters. The average Bonchev–Trinajstić information content (AvgIpc) is 2.99. The lowest BCUT2D eigenvalue weighted by atomic mass is 9.97. The Bertz CT molecular complexity index is 1530. The molecule has 0 saturated carbocycles. The maximum atomic E-state index is 13.5. The van der Waals surface area contributed by atoms with Crippen LogP contribution >= 0.6 is 27.7 Å². The van der Waals surface area contributed by atoms with Crippen LogP contribution in [-0.4, -0.2) is 45.8 Å². The van der Waals surface area contributed by atoms with Crippen molar-refractivity contribution < 1.29 is 14.7 Å². The Morgan fingerprint density at radius 1 is 0.905 bits per heavy atom. The van der Waals surface area contributed by atoms with Crippen LogP contribution in [0.5, 0.6) is 5.75 Å². The van der Waals surface area contributed by atoms with E-state index in [-0.39, 0.29) is 29.2 Å². The number of phenolic OH excluding ortho intramolecular Hbond substituents is 1. The summed E-state index contributed by atoms with van der Waals surface area (Å²) in [7, 11) is 0. The Morgan fingerprint density at radius 3 is 2.36 bits per heavy atom. The van der Waals surface area contributed by atoms with E-state index in [1.807, 2.05) is 83.8 Å². The highest BCUT2D eigenvalue weighted by Crippen LogP contribution is 2.26. The number of phenols is 1. The van der Waals surface area contributed by atoms with Crippen molar-refractivity contribution in [3.05, 3.63) is 124 Å². The third-order valence-corrected chi connectivity index (χ3v) is 7.90. The monoisotopic (exact) mass is 644 g/mol. The summed E-state index contributed by atoms with van der Waals surface area (Å²) in [6, 6.07) is 30.2. The predicted molar refractivity (Wildman–Crippen MR) is 174 cm³/mol. The van der Waals surface area contributed by atoms with Crippen LogP contribution in [-0.2, 0) is 24.2 Å². The highest BCUT2D eigenvalue weighted by molar-refractivity contribution is 9.10. The molecular weight excluding hydrogens is 612 g/mol. The molecule has 0 radical (unpaired) electrons. The Hall–Kier alpha value is -4.08. The molecule has 5 N–H and O–H groups in total. The highest BCUT2D eigenvalue weighted by atomic mass is 79.9. The van der Waals surface area contributed by atoms with Gasteiger partial charge in [-0.15, -0.1) is 0 Å². The molecular formula is C33H33BrN4O3S. The number of carbonyl (C=O) groups excluding carboxylic acids is 2. The van der Waals surface area contributed by atoms with Gasteiger partial charge in [0, 0.05) is 35.4 Å². The van der Waals surface area contributed by atoms with E-state index in [1.165, 1.54) is 11.8 Å². The summed E-state index contributed by atoms with van der Waals surface area (Å²) in [5.41, 5.74) is 10.5. The van der Waals surface area contributed by atoms with Crippen molar-refractivity contribution in [2.24, 2.45) is 5.73 Å². The number of nitrogens with two attached hydrogens (primary N) is 1. The molecule has 0 aliphatic carbocycles. The number of halogens is 1. The molecule has 9 heteroatoms. The molecule has 0 spiro atoms. The first kappa shape index (κ1) is 30.9. The summed E-state index contributed by atoms with van der Waals surface area (Å²) >= 11 is 4.63. The minimum atomic E-state index is -0.194. The SMILES string of the molecule is N=C(N)SCCNC(=O)c1ccccc1-c1cccc(CN(CCc2ccc(O)cc2)C(=O)Cc2ccc(Br)cc2)c1. The second-order valence-corrected chi connectivity index (χ2v) is 11.8. The Kier molecular flexibility index (Phi) is 11.2. The second kappa shape index (κ2) is 15.2. The number of rotatable bonds is 12. The normalized spacial score (nSPS) is 10.7. The molecule has 2 amide bonds. The van der Waals surface area contributed by atoms with Crippen LogP contribution in [0.4, 0.5) is 0 Å². The number of aromatic hydroxyl groups is 1. The summed E-state index contributed by atoms with van der Waals surface area (Å²) < 4.78 is 0.962. The summed E-state index contributed by atoms with van der Waals surface area (Å²) in [6.07, 6.45) is 0.935. The molecule has 42 heavy (non-hydrogen) atoms. The van der Waals surface area contributed by atoms with E-state index in [0.29, 0.717) is 37.4 Å². The maximum Gasteiger partial charge on any atom is 0.251 e. The second-order valence-electron chi connectivity index (χ2n) is 9.75. The van der Waals surface area contributed by atoms with Gasteiger partial charge in [0.1, 0.15) is 5.75 Å². The lowest BCUT2D eigenvalue weighted by Crippen LogP contribution is -2.33. The Balaban J connectivity index is 1.53. The van der Waals surface area contributed by atoms with E-state index in [9.17, 15) is 14.7 Å². The number of carbonyl (C=O) groups is 2. The summed E-state index contributed by atoms with van der Waals surface area (Å²) in [5.74, 6) is 0.556. The first-order valence-electron chi connectivity index (χ1n) is 13.5. The number of hydrogen-bond acceptors (Lipinski definition) is 5. The molecule has 0 aromatic heterocycles. The fourth-order valence-corrected chi connectivity index (χ4v) is 5.21. The zero-order valence-corrected chi connectivity index (χ0v) is 25.5. The van der Waals surface area contributed by atoms with Gasteiger partial charge in [-0.2, -0.15) is 0 Å². The molecule has 0 aliphatic heterocycles. The van der Waals surface area contributed by atoms with Crippen molar-refractivity contribution in [2.45, 2.75) is 19.4 Å². The van der Waals surface area contributed by atoms with E-state index in [4.69, 9.17) is 11.1 Å². The highest BCUT2D eigenvalue weighted by Gasteiger charge is 2.17. The van der Waals surface area contributed by atoms with Crippen LogP contribution < -0.4 is 11.1 Å². The maximum absolute atomic E-state index is 13.5. The van der Waals surface area contributed by atoms with Gasteiger partial charge >= 0.3 is 0 Å². The third-order valence-electron chi connectivity index (χ3n) is 6.66. The minimum absolute atomic E-state index is 0.0183. The van der Waals surface area contributed by atoms with Crippen molar-refractivity contribution in [1.82, 2.24) is 10.2 Å². The fourth-order valence-electron chi connectivity index (χ4n) is 4.52.